The molecule has 0 amide bonds. The lowest BCUT2D eigenvalue weighted by Gasteiger charge is -2.57. The van der Waals surface area contributed by atoms with Crippen molar-refractivity contribution in [3.8, 4) is 0 Å². The Morgan fingerprint density at radius 3 is 2.60 bits per heavy atom. The van der Waals surface area contributed by atoms with Crippen molar-refractivity contribution in [1.29, 1.82) is 0 Å². The number of unbranched alkanes of at least 4 members (excludes halogenated alkanes) is 1. The summed E-state index contributed by atoms with van der Waals surface area (Å²) in [5, 5.41) is 11.5. The lowest BCUT2D eigenvalue weighted by atomic mass is 9.48. The number of hydrogen-bond acceptors (Lipinski definition) is 7. The van der Waals surface area contributed by atoms with Crippen molar-refractivity contribution in [1.82, 2.24) is 0 Å². The maximum Gasteiger partial charge on any atom is 0.374 e. The molecule has 0 heterocycles. The Bertz CT molecular complexity index is 1040. The lowest BCUT2D eigenvalue weighted by Crippen LogP contribution is -2.56. The zero-order chi connectivity index (χ0) is 25.7. The molecule has 7 heteroatoms. The van der Waals surface area contributed by atoms with Gasteiger partial charge in [-0.1, -0.05) is 40.2 Å². The molecule has 190 valence electrons. The number of carbonyl (C=O) groups is 4. The van der Waals surface area contributed by atoms with Crippen molar-refractivity contribution < 1.29 is 33.8 Å². The summed E-state index contributed by atoms with van der Waals surface area (Å²) >= 11 is 0. The fourth-order valence-corrected chi connectivity index (χ4v) is 7.56. The fourth-order valence-electron chi connectivity index (χ4n) is 7.56. The molecule has 0 aromatic carbocycles. The highest BCUT2D eigenvalue weighted by Crippen LogP contribution is 2.66. The van der Waals surface area contributed by atoms with Gasteiger partial charge in [0.25, 0.3) is 0 Å². The summed E-state index contributed by atoms with van der Waals surface area (Å²) in [5.41, 5.74) is -0.726. The average molecular weight is 485 g/mol. The first-order valence-corrected chi connectivity index (χ1v) is 12.7. The van der Waals surface area contributed by atoms with Gasteiger partial charge in [0.1, 0.15) is 5.76 Å². The maximum atomic E-state index is 13.3. The molecule has 0 aromatic rings. The van der Waals surface area contributed by atoms with Crippen LogP contribution in [0, 0.1) is 40.4 Å². The molecule has 0 unspecified atom stereocenters. The van der Waals surface area contributed by atoms with Crippen LogP contribution in [0.25, 0.3) is 0 Å². The Labute approximate surface area is 206 Å². The second-order valence-corrected chi connectivity index (χ2v) is 11.2. The van der Waals surface area contributed by atoms with E-state index >= 15 is 0 Å². The number of carbonyl (C=O) groups excluding carboxylic acids is 4. The molecule has 0 aliphatic heterocycles. The van der Waals surface area contributed by atoms with E-state index in [-0.39, 0.29) is 36.1 Å². The summed E-state index contributed by atoms with van der Waals surface area (Å²) in [6, 6.07) is 0. The van der Waals surface area contributed by atoms with E-state index < -0.39 is 40.6 Å². The standard InChI is InChI=1S/C28H36O7/c1-6-7-10-34-26(33)25(32)23-15(2)11-19-18-13-22(35-16(3)29)20-12-17(30)8-9-27(20,4)24(18)21(31)14-28(19,23)5/h8-9,12-13,15,18-19,21,23-24,31H,6-7,10-11,14H2,1-5H3/t15-,18+,19+,21+,23-,24-,27+,28+/m1/s1. The number of rotatable bonds is 6. The van der Waals surface area contributed by atoms with E-state index in [1.165, 1.54) is 19.1 Å². The first kappa shape index (κ1) is 25.5. The predicted molar refractivity (Wildman–Crippen MR) is 128 cm³/mol. The van der Waals surface area contributed by atoms with E-state index in [0.717, 1.165) is 6.42 Å². The molecule has 35 heavy (non-hydrogen) atoms. The van der Waals surface area contributed by atoms with Crippen LogP contribution in [0.15, 0.2) is 35.6 Å². The van der Waals surface area contributed by atoms with Crippen LogP contribution >= 0.6 is 0 Å². The summed E-state index contributed by atoms with van der Waals surface area (Å²) in [7, 11) is 0. The van der Waals surface area contributed by atoms with Gasteiger partial charge in [0.05, 0.1) is 12.7 Å². The Kier molecular flexibility index (Phi) is 6.68. The Morgan fingerprint density at radius 2 is 1.94 bits per heavy atom. The van der Waals surface area contributed by atoms with Crippen LogP contribution in [-0.2, 0) is 28.7 Å². The zero-order valence-electron chi connectivity index (χ0n) is 21.2. The maximum absolute atomic E-state index is 13.3. The molecule has 0 radical (unpaired) electrons. The van der Waals surface area contributed by atoms with Crippen LogP contribution in [-0.4, -0.2) is 41.3 Å². The van der Waals surface area contributed by atoms with Crippen LogP contribution in [0.5, 0.6) is 0 Å². The Morgan fingerprint density at radius 1 is 1.23 bits per heavy atom. The van der Waals surface area contributed by atoms with Gasteiger partial charge in [0.15, 0.2) is 5.78 Å². The van der Waals surface area contributed by atoms with Gasteiger partial charge in [-0.15, -0.1) is 0 Å². The molecule has 0 bridgehead atoms. The molecule has 4 aliphatic carbocycles. The molecule has 8 atom stereocenters. The number of ketones is 2. The van der Waals surface area contributed by atoms with Crippen LogP contribution in [0.1, 0.15) is 60.3 Å². The van der Waals surface area contributed by atoms with Crippen molar-refractivity contribution in [3.05, 3.63) is 35.6 Å². The SMILES string of the molecule is CCCCOC(=O)C(=O)[C@H]1[C@H](C)C[C@H]2[C@@H]3C=C(OC(C)=O)C4=CC(=O)C=C[C@]4(C)[C@H]3[C@@H](O)C[C@@]21C. The number of aliphatic hydroxyl groups is 1. The van der Waals surface area contributed by atoms with Crippen molar-refractivity contribution in [3.63, 3.8) is 0 Å². The van der Waals surface area contributed by atoms with Gasteiger partial charge >= 0.3 is 11.9 Å². The summed E-state index contributed by atoms with van der Waals surface area (Å²) in [5.74, 6) is -2.74. The van der Waals surface area contributed by atoms with Crippen LogP contribution in [0.4, 0.5) is 0 Å². The van der Waals surface area contributed by atoms with Crippen molar-refractivity contribution in [2.24, 2.45) is 40.4 Å². The molecule has 0 saturated heterocycles. The number of aliphatic hydroxyl groups excluding tert-OH is 1. The van der Waals surface area contributed by atoms with Crippen LogP contribution in [0.2, 0.25) is 0 Å². The van der Waals surface area contributed by atoms with Crippen LogP contribution < -0.4 is 0 Å². The smallest absolute Gasteiger partial charge is 0.374 e. The fraction of sp³-hybridized carbons (Fsp3) is 0.643. The van der Waals surface area contributed by atoms with E-state index in [9.17, 15) is 24.3 Å². The van der Waals surface area contributed by atoms with Gasteiger partial charge in [-0.2, -0.15) is 0 Å². The summed E-state index contributed by atoms with van der Waals surface area (Å²) in [6.07, 6.45) is 8.54. The summed E-state index contributed by atoms with van der Waals surface area (Å²) in [4.78, 5) is 50.1. The van der Waals surface area contributed by atoms with Crippen molar-refractivity contribution in [2.45, 2.75) is 66.4 Å². The molecule has 0 spiro atoms. The van der Waals surface area contributed by atoms with Gasteiger partial charge in [0.2, 0.25) is 5.78 Å². The molecule has 2 saturated carbocycles. The molecule has 4 aliphatic rings. The molecule has 0 aromatic heterocycles. The number of hydrogen-bond donors (Lipinski definition) is 1. The van der Waals surface area contributed by atoms with Gasteiger partial charge < -0.3 is 14.6 Å². The quantitative estimate of drug-likeness (QED) is 0.348. The van der Waals surface area contributed by atoms with E-state index in [0.29, 0.717) is 30.6 Å². The number of fused-ring (bicyclic) bond motifs is 5. The molecular weight excluding hydrogens is 448 g/mol. The van der Waals surface area contributed by atoms with Gasteiger partial charge in [-0.25, -0.2) is 4.79 Å². The first-order chi connectivity index (χ1) is 16.4. The number of ether oxygens (including phenoxy) is 2. The lowest BCUT2D eigenvalue weighted by molar-refractivity contribution is -0.161. The second kappa shape index (κ2) is 9.16. The topological polar surface area (TPSA) is 107 Å². The van der Waals surface area contributed by atoms with E-state index in [1.54, 1.807) is 0 Å². The number of Topliss-reactive ketones (excluding diaryl/α,β-unsaturated/α-hetero) is 1. The summed E-state index contributed by atoms with van der Waals surface area (Å²) in [6.45, 7) is 9.48. The zero-order valence-corrected chi connectivity index (χ0v) is 21.2. The van der Waals surface area contributed by atoms with Crippen molar-refractivity contribution in [2.75, 3.05) is 6.61 Å². The van der Waals surface area contributed by atoms with Gasteiger partial charge in [-0.05, 0) is 60.7 Å². The number of allylic oxidation sites excluding steroid dienone is 5. The molecule has 2 fully saturated rings. The monoisotopic (exact) mass is 484 g/mol. The molecular formula is C28H36O7. The van der Waals surface area contributed by atoms with E-state index in [1.807, 2.05) is 39.8 Å². The third-order valence-electron chi connectivity index (χ3n) is 8.93. The highest BCUT2D eigenvalue weighted by atomic mass is 16.5. The predicted octanol–water partition coefficient (Wildman–Crippen LogP) is 3.71. The Hall–Kier alpha value is -2.54. The van der Waals surface area contributed by atoms with Gasteiger partial charge in [-0.3, -0.25) is 14.4 Å². The minimum absolute atomic E-state index is 0.0155. The second-order valence-electron chi connectivity index (χ2n) is 11.2. The Balaban J connectivity index is 1.74. The normalized spacial score (nSPS) is 39.5. The average Bonchev–Trinajstić information content (AvgIpc) is 3.03. The molecule has 1 N–H and O–H groups in total. The molecule has 7 nitrogen and oxygen atoms in total. The minimum atomic E-state index is -0.792. The highest BCUT2D eigenvalue weighted by molar-refractivity contribution is 6.34. The molecule has 4 rings (SSSR count). The van der Waals surface area contributed by atoms with Gasteiger partial charge in [0, 0.05) is 29.7 Å². The van der Waals surface area contributed by atoms with E-state index in [2.05, 4.69) is 0 Å². The third kappa shape index (κ3) is 4.11. The highest BCUT2D eigenvalue weighted by Gasteiger charge is 2.65. The van der Waals surface area contributed by atoms with E-state index in [4.69, 9.17) is 9.47 Å². The minimum Gasteiger partial charge on any atom is -0.460 e. The summed E-state index contributed by atoms with van der Waals surface area (Å²) < 4.78 is 10.8. The largest absolute Gasteiger partial charge is 0.460 e. The van der Waals surface area contributed by atoms with Crippen molar-refractivity contribution >= 4 is 23.5 Å². The third-order valence-corrected chi connectivity index (χ3v) is 8.93. The van der Waals surface area contributed by atoms with Crippen LogP contribution in [0.3, 0.4) is 0 Å². The first-order valence-electron chi connectivity index (χ1n) is 12.7. The number of esters is 2.